The Morgan fingerprint density at radius 2 is 0.833 bits per heavy atom. The van der Waals surface area contributed by atoms with E-state index in [1.54, 1.807) is 0 Å². The lowest BCUT2D eigenvalue weighted by atomic mass is 9.60. The molecule has 0 amide bonds. The quantitative estimate of drug-likeness (QED) is 0.0456. The highest BCUT2D eigenvalue weighted by atomic mass is 16.5. The van der Waals surface area contributed by atoms with Crippen LogP contribution in [0.25, 0.3) is 0 Å². The molecule has 0 saturated carbocycles. The number of hydrogen-bond acceptors (Lipinski definition) is 5. The van der Waals surface area contributed by atoms with Crippen molar-refractivity contribution in [2.75, 3.05) is 13.2 Å². The summed E-state index contributed by atoms with van der Waals surface area (Å²) >= 11 is 0. The third-order valence-electron chi connectivity index (χ3n) is 10.9. The van der Waals surface area contributed by atoms with Gasteiger partial charge in [0.2, 0.25) is 0 Å². The fourth-order valence-corrected chi connectivity index (χ4v) is 7.80. The van der Waals surface area contributed by atoms with E-state index in [0.29, 0.717) is 25.7 Å². The third-order valence-corrected chi connectivity index (χ3v) is 10.9. The van der Waals surface area contributed by atoms with Gasteiger partial charge in [-0.2, -0.15) is 0 Å². The smallest absolute Gasteiger partial charge is 0.309 e. The lowest BCUT2D eigenvalue weighted by molar-refractivity contribution is -0.166. The molecule has 7 heteroatoms. The van der Waals surface area contributed by atoms with E-state index in [0.717, 1.165) is 128 Å². The Hall–Kier alpha value is -1.63. The summed E-state index contributed by atoms with van der Waals surface area (Å²) in [6.07, 6.45) is 20.2. The van der Waals surface area contributed by atoms with Crippen LogP contribution in [0.3, 0.4) is 0 Å². The van der Waals surface area contributed by atoms with Gasteiger partial charge in [0, 0.05) is 5.41 Å². The van der Waals surface area contributed by atoms with Crippen molar-refractivity contribution in [2.24, 2.45) is 22.2 Å². The van der Waals surface area contributed by atoms with Crippen molar-refractivity contribution in [2.45, 2.75) is 208 Å². The summed E-state index contributed by atoms with van der Waals surface area (Å²) < 4.78 is 6.19. The zero-order chi connectivity index (χ0) is 36.3. The van der Waals surface area contributed by atoms with Gasteiger partial charge in [-0.1, -0.05) is 157 Å². The number of unbranched alkanes of at least 4 members (excludes halogenated alkanes) is 12. The number of carbonyl (C=O) groups excluding carboxylic acids is 1. The topological polar surface area (TPSA) is 121 Å². The highest BCUT2D eigenvalue weighted by Gasteiger charge is 2.52. The summed E-state index contributed by atoms with van der Waals surface area (Å²) in [6.45, 7) is 12.1. The van der Waals surface area contributed by atoms with Crippen LogP contribution in [0.2, 0.25) is 0 Å². The molecule has 284 valence electrons. The maximum absolute atomic E-state index is 13.8. The van der Waals surface area contributed by atoms with Gasteiger partial charge in [0.1, 0.15) is 0 Å². The van der Waals surface area contributed by atoms with Gasteiger partial charge in [0.25, 0.3) is 0 Å². The minimum Gasteiger partial charge on any atom is -0.481 e. The first-order valence-corrected chi connectivity index (χ1v) is 20.3. The first-order chi connectivity index (χ1) is 23.0. The minimum atomic E-state index is -1.18. The van der Waals surface area contributed by atoms with Gasteiger partial charge < -0.3 is 20.1 Å². The summed E-state index contributed by atoms with van der Waals surface area (Å²) in [5, 5.41) is 33.2. The molecule has 0 unspecified atom stereocenters. The van der Waals surface area contributed by atoms with Crippen LogP contribution in [0, 0.1) is 22.2 Å². The summed E-state index contributed by atoms with van der Waals surface area (Å²) in [5.41, 5.74) is -3.43. The number of carboxylic acids is 2. The van der Waals surface area contributed by atoms with Crippen molar-refractivity contribution in [3.63, 3.8) is 0 Å². The maximum Gasteiger partial charge on any atom is 0.309 e. The largest absolute Gasteiger partial charge is 0.481 e. The maximum atomic E-state index is 13.8. The van der Waals surface area contributed by atoms with Gasteiger partial charge in [-0.3, -0.25) is 14.4 Å². The van der Waals surface area contributed by atoms with Crippen molar-refractivity contribution < 1.29 is 34.4 Å². The summed E-state index contributed by atoms with van der Waals surface area (Å²) in [7, 11) is 0. The molecule has 0 bridgehead atoms. The van der Waals surface area contributed by atoms with Gasteiger partial charge >= 0.3 is 17.9 Å². The molecule has 0 aliphatic heterocycles. The molecule has 3 N–H and O–H groups in total. The van der Waals surface area contributed by atoms with Crippen molar-refractivity contribution in [3.8, 4) is 0 Å². The van der Waals surface area contributed by atoms with Crippen LogP contribution in [0.1, 0.15) is 208 Å². The van der Waals surface area contributed by atoms with Crippen LogP contribution in [0.15, 0.2) is 0 Å². The Labute approximate surface area is 295 Å². The van der Waals surface area contributed by atoms with E-state index in [9.17, 15) is 29.7 Å². The zero-order valence-corrected chi connectivity index (χ0v) is 32.4. The van der Waals surface area contributed by atoms with Crippen LogP contribution in [0.4, 0.5) is 0 Å². The van der Waals surface area contributed by atoms with Crippen LogP contribution < -0.4 is 0 Å². The molecule has 0 radical (unpaired) electrons. The van der Waals surface area contributed by atoms with Gasteiger partial charge in [-0.25, -0.2) is 0 Å². The Balaban J connectivity index is 7.00. The second-order valence-corrected chi connectivity index (χ2v) is 15.3. The molecular weight excluding hydrogens is 604 g/mol. The molecule has 0 aliphatic carbocycles. The minimum absolute atomic E-state index is 0.111. The van der Waals surface area contributed by atoms with E-state index in [4.69, 9.17) is 4.74 Å². The molecule has 0 heterocycles. The first kappa shape index (κ1) is 46.4. The highest BCUT2D eigenvalue weighted by Crippen LogP contribution is 2.51. The number of rotatable bonds is 34. The first-order valence-electron chi connectivity index (χ1n) is 20.3. The summed E-state index contributed by atoms with van der Waals surface area (Å²) in [6, 6.07) is 0. The number of hydrogen-bond donors (Lipinski definition) is 3. The van der Waals surface area contributed by atoms with E-state index in [-0.39, 0.29) is 31.3 Å². The number of carboxylic acid groups (broad SMARTS) is 2. The van der Waals surface area contributed by atoms with Gasteiger partial charge in [-0.15, -0.1) is 0 Å². The van der Waals surface area contributed by atoms with Gasteiger partial charge in [0.05, 0.1) is 30.0 Å². The number of aliphatic carboxylic acids is 2. The molecule has 7 nitrogen and oxygen atoms in total. The van der Waals surface area contributed by atoms with Crippen molar-refractivity contribution in [1.29, 1.82) is 0 Å². The fraction of sp³-hybridized carbons (Fsp3) is 0.927. The predicted molar refractivity (Wildman–Crippen MR) is 198 cm³/mol. The Morgan fingerprint density at radius 1 is 0.521 bits per heavy atom. The molecule has 0 fully saturated rings. The van der Waals surface area contributed by atoms with Crippen LogP contribution in [-0.2, 0) is 19.1 Å². The van der Waals surface area contributed by atoms with Crippen molar-refractivity contribution in [3.05, 3.63) is 0 Å². The Morgan fingerprint density at radius 3 is 1.10 bits per heavy atom. The third kappa shape index (κ3) is 17.3. The van der Waals surface area contributed by atoms with E-state index >= 15 is 0 Å². The Bertz CT molecular complexity index is 765. The second-order valence-electron chi connectivity index (χ2n) is 15.3. The molecule has 0 atom stereocenters. The number of esters is 1. The van der Waals surface area contributed by atoms with E-state index in [1.807, 2.05) is 0 Å². The molecule has 0 spiro atoms. The molecule has 0 rings (SSSR count). The normalized spacial score (nSPS) is 12.5. The van der Waals surface area contributed by atoms with E-state index in [1.165, 1.54) is 0 Å². The van der Waals surface area contributed by atoms with Crippen LogP contribution in [-0.4, -0.2) is 46.4 Å². The molecule has 0 saturated heterocycles. The average molecular weight is 683 g/mol. The van der Waals surface area contributed by atoms with Crippen molar-refractivity contribution in [1.82, 2.24) is 0 Å². The molecule has 0 aromatic heterocycles. The fourth-order valence-electron chi connectivity index (χ4n) is 7.80. The van der Waals surface area contributed by atoms with E-state index in [2.05, 4.69) is 41.5 Å². The number of aliphatic hydroxyl groups is 1. The average Bonchev–Trinajstić information content (AvgIpc) is 3.06. The standard InChI is InChI=1S/C41H78O7/c1-7-13-19-25-35(26-20-14-8-2)36(43)48-34-39(33-42,31-40(37(44)45,27-21-15-9-3)28-22-16-10-4)32-41(38(46)47,29-23-17-11-5)30-24-18-12-6/h35,42H,7-34H2,1-6H3,(H,44,45)(H,46,47). The predicted octanol–water partition coefficient (Wildman–Crippen LogP) is 11.5. The van der Waals surface area contributed by atoms with Gasteiger partial charge in [-0.05, 0) is 51.4 Å². The highest BCUT2D eigenvalue weighted by molar-refractivity contribution is 5.76. The molecule has 0 aromatic rings. The van der Waals surface area contributed by atoms with Crippen molar-refractivity contribution >= 4 is 17.9 Å². The van der Waals surface area contributed by atoms with E-state index < -0.39 is 34.8 Å². The van der Waals surface area contributed by atoms with Crippen LogP contribution >= 0.6 is 0 Å². The Kier molecular flexibility index (Phi) is 26.2. The number of carbonyl (C=O) groups is 3. The molecule has 0 aromatic carbocycles. The molecule has 48 heavy (non-hydrogen) atoms. The lowest BCUT2D eigenvalue weighted by Crippen LogP contribution is -2.48. The lowest BCUT2D eigenvalue weighted by Gasteiger charge is -2.45. The number of ether oxygens (including phenoxy) is 1. The van der Waals surface area contributed by atoms with Crippen LogP contribution in [0.5, 0.6) is 0 Å². The zero-order valence-electron chi connectivity index (χ0n) is 32.4. The SMILES string of the molecule is CCCCCC(CCCCC)C(=O)OCC(CO)(CC(CCCCC)(CCCCC)C(=O)O)CC(CCCCC)(CCCCC)C(=O)O. The second kappa shape index (κ2) is 27.1. The number of aliphatic hydroxyl groups excluding tert-OH is 1. The summed E-state index contributed by atoms with van der Waals surface area (Å²) in [4.78, 5) is 40.5. The molecular formula is C41H78O7. The van der Waals surface area contributed by atoms with Gasteiger partial charge in [0.15, 0.2) is 0 Å². The monoisotopic (exact) mass is 683 g/mol. The molecule has 0 aliphatic rings. The summed E-state index contributed by atoms with van der Waals surface area (Å²) in [5.74, 6) is -2.28.